The Morgan fingerprint density at radius 1 is 0.589 bits per heavy atom. The summed E-state index contributed by atoms with van der Waals surface area (Å²) in [5.41, 5.74) is 15.6. The zero-order valence-electron chi connectivity index (χ0n) is 31.2. The van der Waals surface area contributed by atoms with Crippen LogP contribution in [0.4, 0.5) is 34.3 Å². The van der Waals surface area contributed by atoms with Crippen molar-refractivity contribution >= 4 is 79.3 Å². The Morgan fingerprint density at radius 2 is 1.32 bits per heavy atom. The zero-order valence-corrected chi connectivity index (χ0v) is 31.2. The lowest BCUT2D eigenvalue weighted by Gasteiger charge is -2.44. The van der Waals surface area contributed by atoms with Gasteiger partial charge in [0, 0.05) is 51.5 Å². The average Bonchev–Trinajstić information content (AvgIpc) is 3.63. The summed E-state index contributed by atoms with van der Waals surface area (Å²) in [6.45, 7) is 6.73. The quantitative estimate of drug-likeness (QED) is 0.168. The molecule has 0 saturated heterocycles. The molecule has 0 fully saturated rings. The fraction of sp³-hybridized carbons (Fsp3) is 0.0833. The predicted molar refractivity (Wildman–Crippen MR) is 228 cm³/mol. The number of furan rings is 1. The molecule has 56 heavy (non-hydrogen) atoms. The van der Waals surface area contributed by atoms with Gasteiger partial charge in [-0.05, 0) is 99.2 Å². The number of pyridine rings is 2. The van der Waals surface area contributed by atoms with Gasteiger partial charge in [-0.3, -0.25) is 9.88 Å². The molecule has 0 N–H and O–H groups in total. The lowest BCUT2D eigenvalue weighted by atomic mass is 9.33. The summed E-state index contributed by atoms with van der Waals surface area (Å²) < 4.78 is 6.54. The molecule has 0 spiro atoms. The molecule has 0 saturated carbocycles. The lowest BCUT2D eigenvalue weighted by Crippen LogP contribution is -2.61. The summed E-state index contributed by atoms with van der Waals surface area (Å²) in [7, 11) is 0. The Bertz CT molecular complexity index is 2980. The first-order valence-corrected chi connectivity index (χ1v) is 19.0. The van der Waals surface area contributed by atoms with Crippen LogP contribution < -0.4 is 26.2 Å². The maximum Gasteiger partial charge on any atom is 0.254 e. The van der Waals surface area contributed by atoms with Crippen molar-refractivity contribution < 1.29 is 4.42 Å². The van der Waals surface area contributed by atoms with E-state index in [0.29, 0.717) is 0 Å². The molecular weight excluding hydrogens is 687 g/mol. The van der Waals surface area contributed by atoms with Crippen molar-refractivity contribution in [1.82, 2.24) is 19.9 Å². The maximum atomic E-state index is 6.54. The fourth-order valence-electron chi connectivity index (χ4n) is 8.64. The van der Waals surface area contributed by atoms with Crippen LogP contribution in [-0.4, -0.2) is 26.6 Å². The molecule has 11 rings (SSSR count). The molecule has 4 aromatic heterocycles. The highest BCUT2D eigenvalue weighted by Gasteiger charge is 2.45. The molecule has 8 heteroatoms. The van der Waals surface area contributed by atoms with Gasteiger partial charge in [-0.1, -0.05) is 87.5 Å². The van der Waals surface area contributed by atoms with Gasteiger partial charge in [0.1, 0.15) is 23.3 Å². The van der Waals surface area contributed by atoms with E-state index in [9.17, 15) is 0 Å². The van der Waals surface area contributed by atoms with Crippen LogP contribution in [0.15, 0.2) is 163 Å². The third kappa shape index (κ3) is 4.92. The number of nitrogens with zero attached hydrogens (tertiary/aromatic N) is 6. The molecule has 9 aromatic rings. The first kappa shape index (κ1) is 32.4. The molecule has 0 radical (unpaired) electrons. The summed E-state index contributed by atoms with van der Waals surface area (Å²) in [6, 6.07) is 45.4. The molecule has 2 aliphatic heterocycles. The molecule has 266 valence electrons. The Morgan fingerprint density at radius 3 is 2.12 bits per heavy atom. The fourth-order valence-corrected chi connectivity index (χ4v) is 8.64. The summed E-state index contributed by atoms with van der Waals surface area (Å²) in [5, 5.41) is 2.18. The number of para-hydroxylation sites is 3. The third-order valence-electron chi connectivity index (χ3n) is 11.3. The smallest absolute Gasteiger partial charge is 0.254 e. The summed E-state index contributed by atoms with van der Waals surface area (Å²) in [5.74, 6) is 0.900. The first-order valence-electron chi connectivity index (χ1n) is 19.0. The van der Waals surface area contributed by atoms with Gasteiger partial charge < -0.3 is 9.32 Å². The number of fused-ring (bicyclic) bond motifs is 7. The van der Waals surface area contributed by atoms with Crippen molar-refractivity contribution in [3.63, 3.8) is 0 Å². The van der Waals surface area contributed by atoms with Crippen LogP contribution in [0.3, 0.4) is 0 Å². The highest BCUT2D eigenvalue weighted by atomic mass is 16.3. The molecular formula is C48H35BN6O. The zero-order chi connectivity index (χ0) is 37.5. The average molecular weight is 723 g/mol. The minimum atomic E-state index is -0.159. The van der Waals surface area contributed by atoms with Gasteiger partial charge in [0.05, 0.1) is 23.8 Å². The van der Waals surface area contributed by atoms with Crippen molar-refractivity contribution in [1.29, 1.82) is 0 Å². The van der Waals surface area contributed by atoms with E-state index >= 15 is 0 Å². The predicted octanol–water partition coefficient (Wildman–Crippen LogP) is 9.88. The van der Waals surface area contributed by atoms with Crippen molar-refractivity contribution in [2.75, 3.05) is 9.80 Å². The maximum absolute atomic E-state index is 6.54. The lowest BCUT2D eigenvalue weighted by molar-refractivity contribution is 0.590. The highest BCUT2D eigenvalue weighted by Crippen LogP contribution is 2.46. The molecule has 5 aromatic carbocycles. The monoisotopic (exact) mass is 722 g/mol. The second kappa shape index (κ2) is 12.2. The minimum Gasteiger partial charge on any atom is -0.455 e. The van der Waals surface area contributed by atoms with Crippen LogP contribution in [0.2, 0.25) is 0 Å². The SMILES string of the molecule is CC(C)(C)c1cc2c3c(c1)N(c1ccccc1)c1nc(-c4cccc5c4oc4ccccc45)ccc1B3c1ccc(-c3ccncc3)cc1N2c1cncnc1. The van der Waals surface area contributed by atoms with Gasteiger partial charge in [0.25, 0.3) is 6.71 Å². The second-order valence-electron chi connectivity index (χ2n) is 15.6. The van der Waals surface area contributed by atoms with E-state index in [-0.39, 0.29) is 12.1 Å². The molecule has 0 amide bonds. The number of aromatic nitrogens is 4. The van der Waals surface area contributed by atoms with E-state index in [4.69, 9.17) is 9.40 Å². The van der Waals surface area contributed by atoms with Gasteiger partial charge >= 0.3 is 0 Å². The summed E-state index contributed by atoms with van der Waals surface area (Å²) in [6.07, 6.45) is 9.10. The molecule has 0 unspecified atom stereocenters. The number of rotatable bonds is 4. The Balaban J connectivity index is 1.23. The van der Waals surface area contributed by atoms with Crippen molar-refractivity contribution in [2.45, 2.75) is 26.2 Å². The third-order valence-corrected chi connectivity index (χ3v) is 11.3. The first-order chi connectivity index (χ1) is 27.4. The molecule has 0 bridgehead atoms. The van der Waals surface area contributed by atoms with Gasteiger partial charge in [-0.15, -0.1) is 0 Å². The van der Waals surface area contributed by atoms with Crippen molar-refractivity contribution in [3.8, 4) is 22.4 Å². The molecule has 7 nitrogen and oxygen atoms in total. The number of anilines is 6. The van der Waals surface area contributed by atoms with E-state index in [1.54, 1.807) is 6.33 Å². The number of hydrogen-bond acceptors (Lipinski definition) is 7. The van der Waals surface area contributed by atoms with E-state index in [2.05, 4.69) is 161 Å². The Hall–Kier alpha value is -7.06. The molecule has 0 aliphatic carbocycles. The molecule has 2 aliphatic rings. The second-order valence-corrected chi connectivity index (χ2v) is 15.6. The summed E-state index contributed by atoms with van der Waals surface area (Å²) in [4.78, 5) is 23.7. The molecule has 0 atom stereocenters. The van der Waals surface area contributed by atoms with Crippen molar-refractivity contribution in [2.24, 2.45) is 0 Å². The normalized spacial score (nSPS) is 13.2. The van der Waals surface area contributed by atoms with Crippen LogP contribution in [0, 0.1) is 0 Å². The van der Waals surface area contributed by atoms with Gasteiger partial charge in [0.2, 0.25) is 0 Å². The van der Waals surface area contributed by atoms with Gasteiger partial charge in [-0.25, -0.2) is 15.0 Å². The van der Waals surface area contributed by atoms with E-state index in [0.717, 1.165) is 84.0 Å². The van der Waals surface area contributed by atoms with E-state index < -0.39 is 0 Å². The van der Waals surface area contributed by atoms with Crippen molar-refractivity contribution in [3.05, 3.63) is 164 Å². The largest absolute Gasteiger partial charge is 0.455 e. The topological polar surface area (TPSA) is 71.2 Å². The minimum absolute atomic E-state index is 0.102. The standard InChI is InChI=1S/C48H35BN6O/c1-48(2,3)32-25-42-45-43(26-32)55(33-10-5-4-6-11-33)47-39(18-19-40(53-47)37-14-9-13-36-35-12-7-8-15-44(35)56-46(36)37)49(45)38-17-16-31(30-20-22-50-23-21-30)24-41(38)54(42)34-27-51-29-52-28-34/h4-29H,1-3H3. The van der Waals surface area contributed by atoms with Gasteiger partial charge in [0.15, 0.2) is 0 Å². The summed E-state index contributed by atoms with van der Waals surface area (Å²) >= 11 is 0. The van der Waals surface area contributed by atoms with Gasteiger partial charge in [-0.2, -0.15) is 0 Å². The van der Waals surface area contributed by atoms with Crippen LogP contribution in [0.1, 0.15) is 26.3 Å². The Labute approximate surface area is 325 Å². The van der Waals surface area contributed by atoms with E-state index in [1.165, 1.54) is 16.5 Å². The highest BCUT2D eigenvalue weighted by molar-refractivity contribution is 7.00. The Kier molecular flexibility index (Phi) is 7.07. The molecule has 6 heterocycles. The van der Waals surface area contributed by atoms with Crippen LogP contribution in [-0.2, 0) is 5.41 Å². The van der Waals surface area contributed by atoms with Crippen LogP contribution in [0.5, 0.6) is 0 Å². The van der Waals surface area contributed by atoms with Crippen LogP contribution in [0.25, 0.3) is 44.3 Å². The number of hydrogen-bond donors (Lipinski definition) is 0. The van der Waals surface area contributed by atoms with E-state index in [1.807, 2.05) is 36.9 Å². The number of benzene rings is 5. The van der Waals surface area contributed by atoms with Crippen LogP contribution >= 0.6 is 0 Å².